The summed E-state index contributed by atoms with van der Waals surface area (Å²) in [6.07, 6.45) is 3.54. The van der Waals surface area contributed by atoms with Crippen LogP contribution in [0.5, 0.6) is 0 Å². The normalized spacial score (nSPS) is 12.4. The lowest BCUT2D eigenvalue weighted by atomic mass is 10.00. The highest BCUT2D eigenvalue weighted by atomic mass is 19.1. The zero-order chi connectivity index (χ0) is 12.1. The molecular weight excluding hydrogens is 215 g/mol. The maximum absolute atomic E-state index is 13.2. The number of nitrogens with zero attached hydrogens (tertiary/aromatic N) is 1. The second-order valence-electron chi connectivity index (χ2n) is 3.83. The van der Waals surface area contributed by atoms with E-state index in [1.54, 1.807) is 24.5 Å². The molecule has 0 radical (unpaired) electrons. The third kappa shape index (κ3) is 2.88. The Labute approximate surface area is 101 Å². The van der Waals surface area contributed by atoms with Gasteiger partial charge in [0.15, 0.2) is 0 Å². The Balaban J connectivity index is 2.35. The minimum absolute atomic E-state index is 0.00981. The van der Waals surface area contributed by atoms with Gasteiger partial charge >= 0.3 is 0 Å². The number of benzene rings is 1. The molecule has 2 nitrogen and oxygen atoms in total. The van der Waals surface area contributed by atoms with E-state index in [1.165, 1.54) is 6.07 Å². The molecule has 0 saturated carbocycles. The lowest BCUT2D eigenvalue weighted by molar-refractivity contribution is 0.602. The first kappa shape index (κ1) is 11.7. The predicted molar refractivity (Wildman–Crippen MR) is 66.2 cm³/mol. The second-order valence-corrected chi connectivity index (χ2v) is 3.83. The van der Waals surface area contributed by atoms with Gasteiger partial charge in [0.2, 0.25) is 0 Å². The zero-order valence-corrected chi connectivity index (χ0v) is 9.73. The molecule has 2 rings (SSSR count). The summed E-state index contributed by atoms with van der Waals surface area (Å²) in [5.74, 6) is -0.214. The van der Waals surface area contributed by atoms with E-state index < -0.39 is 0 Å². The standard InChI is InChI=1S/C14H15FN2/c1-2-17-14(12-6-4-8-16-10-12)11-5-3-7-13(15)9-11/h3-10,14,17H,2H2,1H3. The van der Waals surface area contributed by atoms with Crippen LogP contribution >= 0.6 is 0 Å². The topological polar surface area (TPSA) is 24.9 Å². The molecule has 0 bridgehead atoms. The number of hydrogen-bond donors (Lipinski definition) is 1. The summed E-state index contributed by atoms with van der Waals surface area (Å²) < 4.78 is 13.2. The molecule has 3 heteroatoms. The molecule has 0 aliphatic carbocycles. The first-order valence-corrected chi connectivity index (χ1v) is 5.70. The number of halogens is 1. The fourth-order valence-corrected chi connectivity index (χ4v) is 1.87. The maximum Gasteiger partial charge on any atom is 0.123 e. The van der Waals surface area contributed by atoms with Crippen molar-refractivity contribution in [3.63, 3.8) is 0 Å². The molecule has 1 unspecified atom stereocenters. The molecule has 1 N–H and O–H groups in total. The maximum atomic E-state index is 13.2. The fraction of sp³-hybridized carbons (Fsp3) is 0.214. The van der Waals surface area contributed by atoms with Crippen LogP contribution in [0.25, 0.3) is 0 Å². The molecule has 2 aromatic rings. The molecule has 1 atom stereocenters. The van der Waals surface area contributed by atoms with Crippen LogP contribution in [0.15, 0.2) is 48.8 Å². The predicted octanol–water partition coefficient (Wildman–Crippen LogP) is 2.92. The van der Waals surface area contributed by atoms with Crippen molar-refractivity contribution in [2.24, 2.45) is 0 Å². The Morgan fingerprint density at radius 1 is 1.24 bits per heavy atom. The van der Waals surface area contributed by atoms with Gasteiger partial charge in [-0.05, 0) is 35.9 Å². The zero-order valence-electron chi connectivity index (χ0n) is 9.73. The SMILES string of the molecule is CCNC(c1cccnc1)c1cccc(F)c1. The lowest BCUT2D eigenvalue weighted by Gasteiger charge is -2.18. The minimum Gasteiger partial charge on any atom is -0.306 e. The Morgan fingerprint density at radius 2 is 2.06 bits per heavy atom. The van der Waals surface area contributed by atoms with Gasteiger partial charge in [0.25, 0.3) is 0 Å². The van der Waals surface area contributed by atoms with Gasteiger partial charge in [-0.1, -0.05) is 25.1 Å². The van der Waals surface area contributed by atoms with Crippen molar-refractivity contribution in [3.05, 3.63) is 65.7 Å². The molecule has 0 spiro atoms. The number of nitrogens with one attached hydrogen (secondary N) is 1. The van der Waals surface area contributed by atoms with Crippen LogP contribution < -0.4 is 5.32 Å². The van der Waals surface area contributed by atoms with Crippen molar-refractivity contribution in [2.75, 3.05) is 6.54 Å². The fourth-order valence-electron chi connectivity index (χ4n) is 1.87. The van der Waals surface area contributed by atoms with E-state index in [9.17, 15) is 4.39 Å². The quantitative estimate of drug-likeness (QED) is 0.873. The van der Waals surface area contributed by atoms with Gasteiger partial charge in [-0.15, -0.1) is 0 Å². The van der Waals surface area contributed by atoms with Gasteiger partial charge in [-0.3, -0.25) is 4.98 Å². The van der Waals surface area contributed by atoms with Crippen LogP contribution in [0.4, 0.5) is 4.39 Å². The number of aromatic nitrogens is 1. The molecule has 17 heavy (non-hydrogen) atoms. The Bertz CT molecular complexity index is 471. The van der Waals surface area contributed by atoms with Crippen LogP contribution in [0.3, 0.4) is 0 Å². The smallest absolute Gasteiger partial charge is 0.123 e. The molecule has 1 heterocycles. The van der Waals surface area contributed by atoms with Gasteiger partial charge < -0.3 is 5.32 Å². The molecule has 0 saturated heterocycles. The second kappa shape index (κ2) is 5.55. The molecule has 88 valence electrons. The molecule has 1 aromatic carbocycles. The van der Waals surface area contributed by atoms with Gasteiger partial charge in [0.05, 0.1) is 6.04 Å². The summed E-state index contributed by atoms with van der Waals surface area (Å²) in [6, 6.07) is 10.5. The highest BCUT2D eigenvalue weighted by molar-refractivity contribution is 5.30. The first-order valence-electron chi connectivity index (χ1n) is 5.70. The lowest BCUT2D eigenvalue weighted by Crippen LogP contribution is -2.22. The molecule has 1 aromatic heterocycles. The number of rotatable bonds is 4. The summed E-state index contributed by atoms with van der Waals surface area (Å²) in [7, 11) is 0. The molecule has 0 amide bonds. The van der Waals surface area contributed by atoms with Crippen LogP contribution in [-0.4, -0.2) is 11.5 Å². The van der Waals surface area contributed by atoms with E-state index in [0.717, 1.165) is 17.7 Å². The first-order chi connectivity index (χ1) is 8.31. The largest absolute Gasteiger partial charge is 0.306 e. The van der Waals surface area contributed by atoms with Crippen molar-refractivity contribution in [3.8, 4) is 0 Å². The minimum atomic E-state index is -0.214. The monoisotopic (exact) mass is 230 g/mol. The summed E-state index contributed by atoms with van der Waals surface area (Å²) in [5.41, 5.74) is 1.96. The number of pyridine rings is 1. The van der Waals surface area contributed by atoms with Crippen molar-refractivity contribution < 1.29 is 4.39 Å². The molecule has 0 aliphatic rings. The highest BCUT2D eigenvalue weighted by Crippen LogP contribution is 2.21. The van der Waals surface area contributed by atoms with E-state index in [2.05, 4.69) is 10.3 Å². The van der Waals surface area contributed by atoms with Gasteiger partial charge in [-0.2, -0.15) is 0 Å². The van der Waals surface area contributed by atoms with Gasteiger partial charge in [0, 0.05) is 12.4 Å². The molecule has 0 fully saturated rings. The summed E-state index contributed by atoms with van der Waals surface area (Å²) in [6.45, 7) is 2.85. The van der Waals surface area contributed by atoms with Crippen molar-refractivity contribution in [1.82, 2.24) is 10.3 Å². The van der Waals surface area contributed by atoms with E-state index >= 15 is 0 Å². The van der Waals surface area contributed by atoms with Crippen LogP contribution in [0.2, 0.25) is 0 Å². The van der Waals surface area contributed by atoms with Crippen molar-refractivity contribution >= 4 is 0 Å². The Hall–Kier alpha value is -1.74. The summed E-state index contributed by atoms with van der Waals surface area (Å²) in [5, 5.41) is 3.34. The van der Waals surface area contributed by atoms with Crippen LogP contribution in [0, 0.1) is 5.82 Å². The molecular formula is C14H15FN2. The number of hydrogen-bond acceptors (Lipinski definition) is 2. The Kier molecular flexibility index (Phi) is 3.83. The van der Waals surface area contributed by atoms with E-state index in [1.807, 2.05) is 25.1 Å². The van der Waals surface area contributed by atoms with Crippen LogP contribution in [-0.2, 0) is 0 Å². The van der Waals surface area contributed by atoms with Crippen molar-refractivity contribution in [1.29, 1.82) is 0 Å². The average Bonchev–Trinajstić information content (AvgIpc) is 2.37. The van der Waals surface area contributed by atoms with Gasteiger partial charge in [-0.25, -0.2) is 4.39 Å². The van der Waals surface area contributed by atoms with Crippen molar-refractivity contribution in [2.45, 2.75) is 13.0 Å². The Morgan fingerprint density at radius 3 is 2.71 bits per heavy atom. The highest BCUT2D eigenvalue weighted by Gasteiger charge is 2.13. The van der Waals surface area contributed by atoms with Crippen LogP contribution in [0.1, 0.15) is 24.1 Å². The summed E-state index contributed by atoms with van der Waals surface area (Å²) >= 11 is 0. The van der Waals surface area contributed by atoms with E-state index in [-0.39, 0.29) is 11.9 Å². The van der Waals surface area contributed by atoms with E-state index in [0.29, 0.717) is 0 Å². The van der Waals surface area contributed by atoms with E-state index in [4.69, 9.17) is 0 Å². The third-order valence-corrected chi connectivity index (χ3v) is 2.61. The average molecular weight is 230 g/mol. The van der Waals surface area contributed by atoms with Gasteiger partial charge in [0.1, 0.15) is 5.82 Å². The molecule has 0 aliphatic heterocycles. The third-order valence-electron chi connectivity index (χ3n) is 2.61. The summed E-state index contributed by atoms with van der Waals surface area (Å²) in [4.78, 5) is 4.10.